The van der Waals surface area contributed by atoms with Crippen molar-refractivity contribution in [1.82, 2.24) is 20.2 Å². The lowest BCUT2D eigenvalue weighted by Gasteiger charge is -2.45. The minimum absolute atomic E-state index is 0.0000714. The number of aliphatic hydroxyl groups is 2. The highest BCUT2D eigenvalue weighted by Gasteiger charge is 2.39. The van der Waals surface area contributed by atoms with E-state index in [-0.39, 0.29) is 13.2 Å². The number of aromatic nitrogens is 2. The molecule has 1 amide bonds. The van der Waals surface area contributed by atoms with Gasteiger partial charge in [-0.25, -0.2) is 19.2 Å². The number of piperidine rings is 1. The fraction of sp³-hybridized carbons (Fsp3) is 0.414. The van der Waals surface area contributed by atoms with E-state index < -0.39 is 36.2 Å². The van der Waals surface area contributed by atoms with E-state index >= 15 is 0 Å². The maximum absolute atomic E-state index is 12.1. The first-order chi connectivity index (χ1) is 20.6. The van der Waals surface area contributed by atoms with E-state index in [9.17, 15) is 19.2 Å². The topological polar surface area (TPSA) is 212 Å². The zero-order chi connectivity index (χ0) is 31.1. The lowest BCUT2D eigenvalue weighted by molar-refractivity contribution is -0.165. The molecule has 6 N–H and O–H groups in total. The molecule has 2 aliphatic rings. The van der Waals surface area contributed by atoms with Crippen LogP contribution >= 0.6 is 0 Å². The summed E-state index contributed by atoms with van der Waals surface area (Å²) in [5.41, 5.74) is 4.39. The summed E-state index contributed by atoms with van der Waals surface area (Å²) in [5.74, 6) is -3.24. The summed E-state index contributed by atoms with van der Waals surface area (Å²) >= 11 is 0. The number of aliphatic hydroxyl groups excluding tert-OH is 2. The normalized spacial score (nSPS) is 20.5. The molecule has 1 aromatic carbocycles. The van der Waals surface area contributed by atoms with Crippen LogP contribution in [-0.4, -0.2) is 111 Å². The number of amides is 1. The highest BCUT2D eigenvalue weighted by molar-refractivity contribution is 5.89. The highest BCUT2D eigenvalue weighted by atomic mass is 16.6. The van der Waals surface area contributed by atoms with Crippen molar-refractivity contribution in [3.8, 4) is 0 Å². The molecule has 14 heteroatoms. The van der Waals surface area contributed by atoms with Crippen molar-refractivity contribution < 1.29 is 49.1 Å². The highest BCUT2D eigenvalue weighted by Crippen LogP contribution is 2.44. The first kappa shape index (κ1) is 31.4. The maximum Gasteiger partial charge on any atom is 0.407 e. The summed E-state index contributed by atoms with van der Waals surface area (Å²) in [5, 5.41) is 36.8. The number of H-pyrrole nitrogens is 1. The molecule has 1 aliphatic heterocycles. The third-order valence-electron chi connectivity index (χ3n) is 7.60. The fourth-order valence-electron chi connectivity index (χ4n) is 5.59. The molecule has 5 rings (SSSR count). The number of benzene rings is 1. The third kappa shape index (κ3) is 7.66. The average Bonchev–Trinajstić information content (AvgIpc) is 3.42. The maximum atomic E-state index is 12.1. The summed E-state index contributed by atoms with van der Waals surface area (Å²) in [7, 11) is 2.18. The van der Waals surface area contributed by atoms with Gasteiger partial charge in [-0.05, 0) is 55.1 Å². The number of rotatable bonds is 9. The van der Waals surface area contributed by atoms with Gasteiger partial charge in [0.05, 0.1) is 5.56 Å². The largest absolute Gasteiger partial charge is 0.479 e. The Kier molecular flexibility index (Phi) is 10.3. The van der Waals surface area contributed by atoms with E-state index in [4.69, 9.17) is 29.9 Å². The van der Waals surface area contributed by atoms with Crippen LogP contribution in [0.4, 0.5) is 4.79 Å². The third-order valence-corrected chi connectivity index (χ3v) is 7.60. The lowest BCUT2D eigenvalue weighted by Crippen LogP contribution is -2.50. The first-order valence-corrected chi connectivity index (χ1v) is 13.7. The summed E-state index contributed by atoms with van der Waals surface area (Å²) in [6.07, 6.45) is 2.23. The Labute approximate surface area is 246 Å². The van der Waals surface area contributed by atoms with Crippen molar-refractivity contribution in [2.75, 3.05) is 33.4 Å². The molecule has 0 radical (unpaired) electrons. The quantitative estimate of drug-likeness (QED) is 0.150. The second-order valence-corrected chi connectivity index (χ2v) is 10.5. The zero-order valence-electron chi connectivity index (χ0n) is 23.4. The Bertz CT molecular complexity index is 1430. The van der Waals surface area contributed by atoms with Gasteiger partial charge in [0, 0.05) is 54.5 Å². The number of aliphatic carboxylic acids is 2. The Hall–Kier alpha value is -4.53. The molecule has 0 saturated carbocycles. The van der Waals surface area contributed by atoms with E-state index in [1.54, 1.807) is 18.3 Å². The molecule has 3 unspecified atom stereocenters. The zero-order valence-corrected chi connectivity index (χ0v) is 23.4. The van der Waals surface area contributed by atoms with Gasteiger partial charge in [-0.3, -0.25) is 4.98 Å². The van der Waals surface area contributed by atoms with Crippen molar-refractivity contribution >= 4 is 34.9 Å². The van der Waals surface area contributed by atoms with Gasteiger partial charge in [-0.2, -0.15) is 0 Å². The van der Waals surface area contributed by atoms with Gasteiger partial charge in [0.2, 0.25) is 0 Å². The Balaban J connectivity index is 0.000000365. The monoisotopic (exact) mass is 598 g/mol. The van der Waals surface area contributed by atoms with Gasteiger partial charge >= 0.3 is 24.0 Å². The van der Waals surface area contributed by atoms with Gasteiger partial charge in [0.15, 0.2) is 12.2 Å². The molecule has 1 saturated heterocycles. The van der Waals surface area contributed by atoms with E-state index in [0.29, 0.717) is 30.0 Å². The second-order valence-electron chi connectivity index (χ2n) is 10.5. The lowest BCUT2D eigenvalue weighted by atomic mass is 9.72. The standard InChI is InChI=1S/C25H28N4O4.C4H6O6/c1-29-15-16(10-20-19-5-2-6-21-23(19)18(14-27-21)11-22(20)29)12-28-25(31)33-9-8-32-24(30)17-4-3-7-26-13-17;5-1(3(7)8)2(6)4(9)10/h2-7,13-14,16,20,22,27H,8-12,15H2,1H3,(H,28,31);1-2,5-6H,(H,7,8)(H,9,10)/t16-,20?,22+;/m0./s1. The molecule has 14 nitrogen and oxygen atoms in total. The molecule has 1 fully saturated rings. The van der Waals surface area contributed by atoms with Crippen LogP contribution in [0.15, 0.2) is 48.9 Å². The number of likely N-dealkylation sites (N-methyl/N-ethyl adjacent to an activating group) is 1. The molecule has 43 heavy (non-hydrogen) atoms. The molecule has 3 heterocycles. The van der Waals surface area contributed by atoms with Crippen LogP contribution in [0.2, 0.25) is 0 Å². The second kappa shape index (κ2) is 14.1. The number of pyridine rings is 1. The number of fused-ring (bicyclic) bond motifs is 2. The number of alkyl carbamates (subject to hydrolysis) is 1. The van der Waals surface area contributed by atoms with Crippen LogP contribution < -0.4 is 5.32 Å². The number of aromatic amines is 1. The van der Waals surface area contributed by atoms with E-state index in [1.807, 2.05) is 0 Å². The predicted octanol–water partition coefficient (Wildman–Crippen LogP) is 0.984. The van der Waals surface area contributed by atoms with Crippen molar-refractivity contribution in [1.29, 1.82) is 0 Å². The van der Waals surface area contributed by atoms with Gasteiger partial charge in [0.1, 0.15) is 13.2 Å². The predicted molar refractivity (Wildman–Crippen MR) is 150 cm³/mol. The number of nitrogens with zero attached hydrogens (tertiary/aromatic N) is 2. The number of esters is 1. The number of ether oxygens (including phenoxy) is 2. The fourth-order valence-corrected chi connectivity index (χ4v) is 5.59. The number of carboxylic acid groups (broad SMARTS) is 2. The summed E-state index contributed by atoms with van der Waals surface area (Å²) in [6.45, 7) is 1.49. The van der Waals surface area contributed by atoms with Crippen molar-refractivity contribution in [2.24, 2.45) is 5.92 Å². The minimum Gasteiger partial charge on any atom is -0.479 e. The van der Waals surface area contributed by atoms with E-state index in [1.165, 1.54) is 28.2 Å². The number of likely N-dealkylation sites (tertiary alicyclic amines) is 1. The van der Waals surface area contributed by atoms with Gasteiger partial charge in [-0.15, -0.1) is 0 Å². The van der Waals surface area contributed by atoms with Crippen LogP contribution in [0.3, 0.4) is 0 Å². The van der Waals surface area contributed by atoms with Crippen LogP contribution in [0.1, 0.15) is 33.8 Å². The van der Waals surface area contributed by atoms with Crippen LogP contribution in [0, 0.1) is 5.92 Å². The summed E-state index contributed by atoms with van der Waals surface area (Å²) < 4.78 is 10.3. The number of carboxylic acids is 2. The Morgan fingerprint density at radius 3 is 2.47 bits per heavy atom. The molecular formula is C29H34N4O10. The van der Waals surface area contributed by atoms with E-state index in [2.05, 4.69) is 51.6 Å². The molecule has 0 spiro atoms. The molecule has 2 aromatic heterocycles. The Morgan fingerprint density at radius 1 is 1.07 bits per heavy atom. The average molecular weight is 599 g/mol. The molecule has 230 valence electrons. The first-order valence-electron chi connectivity index (χ1n) is 13.7. The van der Waals surface area contributed by atoms with Gasteiger partial charge in [0.25, 0.3) is 0 Å². The van der Waals surface area contributed by atoms with Gasteiger partial charge in [-0.1, -0.05) is 12.1 Å². The van der Waals surface area contributed by atoms with Gasteiger partial charge < -0.3 is 45.1 Å². The Morgan fingerprint density at radius 2 is 1.79 bits per heavy atom. The van der Waals surface area contributed by atoms with Crippen LogP contribution in [0.25, 0.3) is 10.9 Å². The number of hydrogen-bond donors (Lipinski definition) is 6. The molecule has 3 aromatic rings. The summed E-state index contributed by atoms with van der Waals surface area (Å²) in [4.78, 5) is 53.3. The number of hydrogen-bond acceptors (Lipinski definition) is 10. The molecular weight excluding hydrogens is 564 g/mol. The van der Waals surface area contributed by atoms with Crippen molar-refractivity contribution in [3.63, 3.8) is 0 Å². The molecule has 1 aliphatic carbocycles. The van der Waals surface area contributed by atoms with Crippen molar-refractivity contribution in [3.05, 3.63) is 65.6 Å². The number of carbonyl (C=O) groups is 4. The molecule has 5 atom stereocenters. The van der Waals surface area contributed by atoms with E-state index in [0.717, 1.165) is 19.4 Å². The van der Waals surface area contributed by atoms with Crippen LogP contribution in [-0.2, 0) is 25.5 Å². The SMILES string of the molecule is CN1C[C@H](CNC(=O)OCCOC(=O)c2cccnc2)CC2c3cccc4[nH]cc(c34)C[C@H]21.O=C(O)C(O)C(O)C(=O)O. The number of nitrogens with one attached hydrogen (secondary N) is 2. The smallest absolute Gasteiger partial charge is 0.407 e. The number of carbonyl (C=O) groups excluding carboxylic acids is 2. The minimum atomic E-state index is -2.27. The molecule has 0 bridgehead atoms. The summed E-state index contributed by atoms with van der Waals surface area (Å²) in [6, 6.07) is 10.3. The van der Waals surface area contributed by atoms with Crippen molar-refractivity contribution in [2.45, 2.75) is 37.0 Å². The van der Waals surface area contributed by atoms with Crippen LogP contribution in [0.5, 0.6) is 0 Å².